The Balaban J connectivity index is 1.79. The molecular formula is C20H29NO5. The highest BCUT2D eigenvalue weighted by Gasteiger charge is 2.45. The molecule has 1 unspecified atom stereocenters. The average Bonchev–Trinajstić information content (AvgIpc) is 2.97. The molecule has 1 saturated heterocycles. The minimum Gasteiger partial charge on any atom is -0.494 e. The summed E-state index contributed by atoms with van der Waals surface area (Å²) < 4.78 is 10.7. The van der Waals surface area contributed by atoms with Gasteiger partial charge in [0.25, 0.3) is 0 Å². The maximum Gasteiger partial charge on any atom is 0.405 e. The first kappa shape index (κ1) is 20.1. The number of hydrogen-bond acceptors (Lipinski definition) is 4. The third-order valence-electron chi connectivity index (χ3n) is 4.78. The van der Waals surface area contributed by atoms with Gasteiger partial charge in [0.2, 0.25) is 0 Å². The lowest BCUT2D eigenvalue weighted by Gasteiger charge is -2.24. The van der Waals surface area contributed by atoms with Crippen LogP contribution in [0.4, 0.5) is 4.79 Å². The molecule has 0 spiro atoms. The number of ether oxygens (including phenoxy) is 2. The summed E-state index contributed by atoms with van der Waals surface area (Å²) in [7, 11) is 0. The van der Waals surface area contributed by atoms with E-state index in [1.807, 2.05) is 24.3 Å². The zero-order chi connectivity index (χ0) is 18.8. The van der Waals surface area contributed by atoms with Crippen molar-refractivity contribution < 1.29 is 24.2 Å². The quantitative estimate of drug-likeness (QED) is 0.460. The Hall–Kier alpha value is -2.24. The smallest absolute Gasteiger partial charge is 0.405 e. The van der Waals surface area contributed by atoms with Crippen LogP contribution in [0.3, 0.4) is 0 Å². The zero-order valence-corrected chi connectivity index (χ0v) is 15.5. The van der Waals surface area contributed by atoms with Crippen LogP contribution in [0.5, 0.6) is 5.75 Å². The number of aryl methyl sites for hydroxylation is 1. The highest BCUT2D eigenvalue weighted by Crippen LogP contribution is 2.26. The lowest BCUT2D eigenvalue weighted by Crippen LogP contribution is -2.51. The number of carbonyl (C=O) groups excluding carboxylic acids is 1. The first-order chi connectivity index (χ1) is 12.6. The van der Waals surface area contributed by atoms with Gasteiger partial charge in [0.05, 0.1) is 13.2 Å². The van der Waals surface area contributed by atoms with Crippen molar-refractivity contribution in [1.82, 2.24) is 5.32 Å². The first-order valence-electron chi connectivity index (χ1n) is 9.46. The normalized spacial score (nSPS) is 19.2. The van der Waals surface area contributed by atoms with Gasteiger partial charge in [-0.1, -0.05) is 44.7 Å². The second-order valence-electron chi connectivity index (χ2n) is 6.80. The highest BCUT2D eigenvalue weighted by molar-refractivity contribution is 5.86. The van der Waals surface area contributed by atoms with Crippen molar-refractivity contribution in [3.8, 4) is 5.75 Å². The SMILES string of the molecule is CCCCCCCOc1ccc(CCC2(NC(=O)O)CCOC2=O)cc1. The number of amides is 1. The van der Waals surface area contributed by atoms with Crippen molar-refractivity contribution >= 4 is 12.1 Å². The average molecular weight is 363 g/mol. The molecule has 1 aliphatic heterocycles. The molecule has 1 fully saturated rings. The number of esters is 1. The van der Waals surface area contributed by atoms with E-state index < -0.39 is 17.6 Å². The van der Waals surface area contributed by atoms with Gasteiger partial charge in [0, 0.05) is 6.42 Å². The molecule has 1 aromatic rings. The Morgan fingerprint density at radius 1 is 1.23 bits per heavy atom. The summed E-state index contributed by atoms with van der Waals surface area (Å²) in [5.41, 5.74) is -0.0917. The molecule has 1 aromatic carbocycles. The van der Waals surface area contributed by atoms with Crippen LogP contribution in [0.2, 0.25) is 0 Å². The fourth-order valence-corrected chi connectivity index (χ4v) is 3.17. The third-order valence-corrected chi connectivity index (χ3v) is 4.78. The summed E-state index contributed by atoms with van der Waals surface area (Å²) in [6.45, 7) is 3.18. The molecule has 0 aromatic heterocycles. The van der Waals surface area contributed by atoms with E-state index in [0.717, 1.165) is 24.3 Å². The molecule has 1 amide bonds. The molecule has 1 heterocycles. The highest BCUT2D eigenvalue weighted by atomic mass is 16.5. The predicted molar refractivity (Wildman–Crippen MR) is 98.5 cm³/mol. The molecule has 2 rings (SSSR count). The van der Waals surface area contributed by atoms with E-state index >= 15 is 0 Å². The van der Waals surface area contributed by atoms with E-state index in [9.17, 15) is 9.59 Å². The number of carbonyl (C=O) groups is 2. The van der Waals surface area contributed by atoms with Crippen molar-refractivity contribution in [2.24, 2.45) is 0 Å². The number of nitrogens with one attached hydrogen (secondary N) is 1. The van der Waals surface area contributed by atoms with Gasteiger partial charge in [-0.15, -0.1) is 0 Å². The van der Waals surface area contributed by atoms with Gasteiger partial charge in [-0.25, -0.2) is 9.59 Å². The van der Waals surface area contributed by atoms with Gasteiger partial charge < -0.3 is 19.9 Å². The molecule has 6 nitrogen and oxygen atoms in total. The minimum absolute atomic E-state index is 0.254. The molecule has 0 saturated carbocycles. The zero-order valence-electron chi connectivity index (χ0n) is 15.5. The van der Waals surface area contributed by atoms with Crippen molar-refractivity contribution in [2.45, 2.75) is 63.8 Å². The standard InChI is InChI=1S/C20H29NO5/c1-2-3-4-5-6-14-25-17-9-7-16(8-10-17)11-12-20(21-19(23)24)13-15-26-18(20)22/h7-10,21H,2-6,11-15H2,1H3,(H,23,24). The minimum atomic E-state index is -1.20. The van der Waals surface area contributed by atoms with Crippen LogP contribution in [-0.2, 0) is 16.0 Å². The van der Waals surface area contributed by atoms with Crippen molar-refractivity contribution in [3.63, 3.8) is 0 Å². The molecule has 0 bridgehead atoms. The van der Waals surface area contributed by atoms with Gasteiger partial charge >= 0.3 is 12.1 Å². The van der Waals surface area contributed by atoms with Crippen LogP contribution in [0.25, 0.3) is 0 Å². The summed E-state index contributed by atoms with van der Waals surface area (Å²) >= 11 is 0. The Bertz CT molecular complexity index is 586. The third kappa shape index (κ3) is 5.93. The lowest BCUT2D eigenvalue weighted by molar-refractivity contribution is -0.143. The van der Waals surface area contributed by atoms with Crippen molar-refractivity contribution in [2.75, 3.05) is 13.2 Å². The summed E-state index contributed by atoms with van der Waals surface area (Å²) in [5.74, 6) is 0.353. The maximum absolute atomic E-state index is 12.0. The molecule has 2 N–H and O–H groups in total. The lowest BCUT2D eigenvalue weighted by atomic mass is 9.90. The number of unbranched alkanes of at least 4 members (excludes halogenated alkanes) is 4. The van der Waals surface area contributed by atoms with Crippen LogP contribution < -0.4 is 10.1 Å². The fraction of sp³-hybridized carbons (Fsp3) is 0.600. The van der Waals surface area contributed by atoms with E-state index in [1.165, 1.54) is 25.7 Å². The number of rotatable bonds is 11. The summed E-state index contributed by atoms with van der Waals surface area (Å²) in [4.78, 5) is 23.0. The van der Waals surface area contributed by atoms with Crippen LogP contribution in [0.15, 0.2) is 24.3 Å². The summed E-state index contributed by atoms with van der Waals surface area (Å²) in [6, 6.07) is 7.76. The van der Waals surface area contributed by atoms with Crippen molar-refractivity contribution in [1.29, 1.82) is 0 Å². The maximum atomic E-state index is 12.0. The fourth-order valence-electron chi connectivity index (χ4n) is 3.17. The van der Waals surface area contributed by atoms with E-state index in [1.54, 1.807) is 0 Å². The Morgan fingerprint density at radius 3 is 2.58 bits per heavy atom. The van der Waals surface area contributed by atoms with Gasteiger partial charge in [0.1, 0.15) is 11.3 Å². The number of carboxylic acid groups (broad SMARTS) is 1. The predicted octanol–water partition coefficient (Wildman–Crippen LogP) is 3.92. The van der Waals surface area contributed by atoms with E-state index in [4.69, 9.17) is 14.6 Å². The second kappa shape index (κ2) is 10.0. The molecule has 0 aliphatic carbocycles. The summed E-state index contributed by atoms with van der Waals surface area (Å²) in [5, 5.41) is 11.4. The van der Waals surface area contributed by atoms with Gasteiger partial charge in [-0.05, 0) is 37.0 Å². The van der Waals surface area contributed by atoms with Crippen LogP contribution in [-0.4, -0.2) is 35.9 Å². The molecule has 1 aliphatic rings. The molecule has 144 valence electrons. The number of hydrogen-bond donors (Lipinski definition) is 2. The monoisotopic (exact) mass is 363 g/mol. The Morgan fingerprint density at radius 2 is 1.96 bits per heavy atom. The molecule has 26 heavy (non-hydrogen) atoms. The van der Waals surface area contributed by atoms with Gasteiger partial charge in [-0.2, -0.15) is 0 Å². The summed E-state index contributed by atoms with van der Waals surface area (Å²) in [6.07, 6.45) is 6.18. The Labute approximate surface area is 154 Å². The van der Waals surface area contributed by atoms with Crippen LogP contribution in [0.1, 0.15) is 57.4 Å². The number of cyclic esters (lactones) is 1. The second-order valence-corrected chi connectivity index (χ2v) is 6.80. The van der Waals surface area contributed by atoms with E-state index in [0.29, 0.717) is 19.3 Å². The molecule has 1 atom stereocenters. The van der Waals surface area contributed by atoms with E-state index in [2.05, 4.69) is 12.2 Å². The van der Waals surface area contributed by atoms with Crippen LogP contribution in [0, 0.1) is 0 Å². The molecule has 6 heteroatoms. The van der Waals surface area contributed by atoms with Crippen LogP contribution >= 0.6 is 0 Å². The molecular weight excluding hydrogens is 334 g/mol. The first-order valence-corrected chi connectivity index (χ1v) is 9.46. The van der Waals surface area contributed by atoms with E-state index in [-0.39, 0.29) is 6.61 Å². The topological polar surface area (TPSA) is 84.9 Å². The van der Waals surface area contributed by atoms with Gasteiger partial charge in [0.15, 0.2) is 0 Å². The number of benzene rings is 1. The van der Waals surface area contributed by atoms with Gasteiger partial charge in [-0.3, -0.25) is 0 Å². The molecule has 0 radical (unpaired) electrons. The van der Waals surface area contributed by atoms with Crippen molar-refractivity contribution in [3.05, 3.63) is 29.8 Å². The largest absolute Gasteiger partial charge is 0.494 e. The Kier molecular flexibility index (Phi) is 7.75.